The molecule has 0 radical (unpaired) electrons. The minimum atomic E-state index is -0.444. The number of rotatable bonds is 3. The number of amides is 1. The number of hydrogen-bond donors (Lipinski definition) is 0. The van der Waals surface area contributed by atoms with Crippen LogP contribution in [0, 0.1) is 0 Å². The van der Waals surface area contributed by atoms with Crippen LogP contribution in [0.5, 0.6) is 0 Å². The first-order valence-corrected chi connectivity index (χ1v) is 7.07. The highest BCUT2D eigenvalue weighted by atomic mass is 16.6. The Morgan fingerprint density at radius 2 is 2.00 bits per heavy atom. The highest BCUT2D eigenvalue weighted by Gasteiger charge is 2.30. The predicted molar refractivity (Wildman–Crippen MR) is 77.4 cm³/mol. The van der Waals surface area contributed by atoms with Gasteiger partial charge in [-0.3, -0.25) is 0 Å². The molecule has 1 aliphatic heterocycles. The van der Waals surface area contributed by atoms with Gasteiger partial charge in [0.1, 0.15) is 5.60 Å². The molecule has 1 heterocycles. The van der Waals surface area contributed by atoms with Crippen LogP contribution in [0.2, 0.25) is 0 Å². The molecule has 0 spiro atoms. The largest absolute Gasteiger partial charge is 0.444 e. The molecule has 1 amide bonds. The van der Waals surface area contributed by atoms with Crippen LogP contribution in [0.15, 0.2) is 30.3 Å². The van der Waals surface area contributed by atoms with Crippen LogP contribution in [0.1, 0.15) is 32.8 Å². The van der Waals surface area contributed by atoms with Gasteiger partial charge in [-0.05, 0) is 32.8 Å². The van der Waals surface area contributed by atoms with Gasteiger partial charge in [-0.25, -0.2) is 4.79 Å². The van der Waals surface area contributed by atoms with E-state index in [2.05, 4.69) is 0 Å². The Labute approximate surface area is 120 Å². The summed E-state index contributed by atoms with van der Waals surface area (Å²) in [6.07, 6.45) is 0.720. The van der Waals surface area contributed by atoms with Crippen molar-refractivity contribution in [3.05, 3.63) is 35.9 Å². The maximum atomic E-state index is 11.9. The number of ether oxygens (including phenoxy) is 2. The van der Waals surface area contributed by atoms with E-state index in [-0.39, 0.29) is 12.2 Å². The fourth-order valence-corrected chi connectivity index (χ4v) is 2.14. The van der Waals surface area contributed by atoms with E-state index >= 15 is 0 Å². The van der Waals surface area contributed by atoms with E-state index in [1.54, 1.807) is 4.90 Å². The highest BCUT2D eigenvalue weighted by Crippen LogP contribution is 2.18. The zero-order valence-corrected chi connectivity index (χ0v) is 12.5. The molecule has 0 unspecified atom stereocenters. The lowest BCUT2D eigenvalue weighted by Gasteiger charge is -2.24. The Hall–Kier alpha value is -1.55. The van der Waals surface area contributed by atoms with E-state index in [4.69, 9.17) is 9.47 Å². The van der Waals surface area contributed by atoms with Crippen molar-refractivity contribution in [2.45, 2.75) is 45.5 Å². The summed E-state index contributed by atoms with van der Waals surface area (Å²) in [4.78, 5) is 13.7. The molecule has 1 atom stereocenters. The summed E-state index contributed by atoms with van der Waals surface area (Å²) < 4.78 is 11.2. The van der Waals surface area contributed by atoms with Crippen molar-refractivity contribution in [3.63, 3.8) is 0 Å². The first kappa shape index (κ1) is 14.9. The summed E-state index contributed by atoms with van der Waals surface area (Å²) in [5.41, 5.74) is 0.711. The van der Waals surface area contributed by atoms with Gasteiger partial charge >= 0.3 is 6.09 Å². The maximum Gasteiger partial charge on any atom is 0.410 e. The second kappa shape index (κ2) is 6.27. The minimum absolute atomic E-state index is 0.0997. The molecule has 0 N–H and O–H groups in total. The normalized spacial score (nSPS) is 19.1. The topological polar surface area (TPSA) is 38.8 Å². The average Bonchev–Trinajstić information content (AvgIpc) is 2.84. The number of likely N-dealkylation sites (tertiary alicyclic amines) is 1. The van der Waals surface area contributed by atoms with Crippen LogP contribution in [-0.2, 0) is 16.1 Å². The van der Waals surface area contributed by atoms with Gasteiger partial charge in [-0.2, -0.15) is 0 Å². The van der Waals surface area contributed by atoms with E-state index < -0.39 is 5.60 Å². The molecule has 4 heteroatoms. The third-order valence-electron chi connectivity index (χ3n) is 3.13. The SMILES string of the molecule is CC(C)(C)OC(=O)N1CC[C@H](OCc2ccccc2)C1. The fraction of sp³-hybridized carbons (Fsp3) is 0.562. The van der Waals surface area contributed by atoms with Crippen LogP contribution in [0.4, 0.5) is 4.79 Å². The Balaban J connectivity index is 1.76. The van der Waals surface area contributed by atoms with Crippen molar-refractivity contribution >= 4 is 6.09 Å². The first-order chi connectivity index (χ1) is 9.44. The van der Waals surface area contributed by atoms with Crippen molar-refractivity contribution in [1.82, 2.24) is 4.90 Å². The van der Waals surface area contributed by atoms with Gasteiger partial charge in [0.25, 0.3) is 0 Å². The number of hydrogen-bond acceptors (Lipinski definition) is 3. The molecule has 4 nitrogen and oxygen atoms in total. The van der Waals surface area contributed by atoms with Crippen LogP contribution in [-0.4, -0.2) is 35.8 Å². The van der Waals surface area contributed by atoms with Crippen molar-refractivity contribution in [1.29, 1.82) is 0 Å². The summed E-state index contributed by atoms with van der Waals surface area (Å²) in [5, 5.41) is 0. The second-order valence-corrected chi connectivity index (χ2v) is 6.13. The summed E-state index contributed by atoms with van der Waals surface area (Å²) in [7, 11) is 0. The van der Waals surface area contributed by atoms with Gasteiger partial charge in [0.2, 0.25) is 0 Å². The third kappa shape index (κ3) is 4.53. The van der Waals surface area contributed by atoms with Gasteiger partial charge in [-0.1, -0.05) is 30.3 Å². The molecule has 20 heavy (non-hydrogen) atoms. The lowest BCUT2D eigenvalue weighted by Crippen LogP contribution is -2.36. The summed E-state index contributed by atoms with van der Waals surface area (Å²) >= 11 is 0. The Bertz CT molecular complexity index is 439. The predicted octanol–water partition coefficient (Wildman–Crippen LogP) is 3.21. The van der Waals surface area contributed by atoms with Gasteiger partial charge < -0.3 is 14.4 Å². The van der Waals surface area contributed by atoms with E-state index in [0.717, 1.165) is 12.0 Å². The number of carbonyl (C=O) groups excluding carboxylic acids is 1. The molecule has 110 valence electrons. The molecule has 1 aromatic carbocycles. The van der Waals surface area contributed by atoms with Crippen molar-refractivity contribution in [2.24, 2.45) is 0 Å². The van der Waals surface area contributed by atoms with Gasteiger partial charge in [0, 0.05) is 6.54 Å². The first-order valence-electron chi connectivity index (χ1n) is 7.07. The zero-order chi connectivity index (χ0) is 14.6. The van der Waals surface area contributed by atoms with Crippen molar-refractivity contribution < 1.29 is 14.3 Å². The lowest BCUT2D eigenvalue weighted by atomic mass is 10.2. The Kier molecular flexibility index (Phi) is 4.65. The highest BCUT2D eigenvalue weighted by molar-refractivity contribution is 5.68. The second-order valence-electron chi connectivity index (χ2n) is 6.13. The molecule has 0 saturated carbocycles. The molecule has 0 aromatic heterocycles. The van der Waals surface area contributed by atoms with Crippen molar-refractivity contribution in [2.75, 3.05) is 13.1 Å². The van der Waals surface area contributed by atoms with Gasteiger partial charge in [0.05, 0.1) is 19.3 Å². The summed E-state index contributed by atoms with van der Waals surface area (Å²) in [6, 6.07) is 10.1. The quantitative estimate of drug-likeness (QED) is 0.851. The van der Waals surface area contributed by atoms with E-state index in [0.29, 0.717) is 19.7 Å². The molecular weight excluding hydrogens is 254 g/mol. The standard InChI is InChI=1S/C16H23NO3/c1-16(2,3)20-15(18)17-10-9-14(11-17)19-12-13-7-5-4-6-8-13/h4-8,14H,9-12H2,1-3H3/t14-/m0/s1. The van der Waals surface area contributed by atoms with Crippen molar-refractivity contribution in [3.8, 4) is 0 Å². The lowest BCUT2D eigenvalue weighted by molar-refractivity contribution is 0.0184. The number of benzene rings is 1. The van der Waals surface area contributed by atoms with Crippen LogP contribution in [0.3, 0.4) is 0 Å². The van der Waals surface area contributed by atoms with Crippen LogP contribution < -0.4 is 0 Å². The average molecular weight is 277 g/mol. The molecule has 1 aliphatic rings. The molecule has 0 bridgehead atoms. The number of nitrogens with zero attached hydrogens (tertiary/aromatic N) is 1. The van der Waals surface area contributed by atoms with E-state index in [1.165, 1.54) is 0 Å². The Morgan fingerprint density at radius 1 is 1.30 bits per heavy atom. The van der Waals surface area contributed by atoms with E-state index in [9.17, 15) is 4.79 Å². The molecule has 1 fully saturated rings. The number of carbonyl (C=O) groups is 1. The molecule has 0 aliphatic carbocycles. The van der Waals surface area contributed by atoms with Gasteiger partial charge in [0.15, 0.2) is 0 Å². The summed E-state index contributed by atoms with van der Waals surface area (Å²) in [6.45, 7) is 7.54. The van der Waals surface area contributed by atoms with Crippen LogP contribution >= 0.6 is 0 Å². The smallest absolute Gasteiger partial charge is 0.410 e. The van der Waals surface area contributed by atoms with E-state index in [1.807, 2.05) is 51.1 Å². The zero-order valence-electron chi connectivity index (χ0n) is 12.5. The molecule has 2 rings (SSSR count). The summed E-state index contributed by atoms with van der Waals surface area (Å²) in [5.74, 6) is 0. The Morgan fingerprint density at radius 3 is 2.65 bits per heavy atom. The van der Waals surface area contributed by atoms with Crippen LogP contribution in [0.25, 0.3) is 0 Å². The minimum Gasteiger partial charge on any atom is -0.444 e. The molecular formula is C16H23NO3. The maximum absolute atomic E-state index is 11.9. The van der Waals surface area contributed by atoms with Gasteiger partial charge in [-0.15, -0.1) is 0 Å². The monoisotopic (exact) mass is 277 g/mol. The third-order valence-corrected chi connectivity index (χ3v) is 3.13. The fourth-order valence-electron chi connectivity index (χ4n) is 2.14. The molecule has 1 saturated heterocycles. The molecule has 1 aromatic rings.